The zero-order chi connectivity index (χ0) is 11.7. The second-order valence-electron chi connectivity index (χ2n) is 3.86. The fourth-order valence-corrected chi connectivity index (χ4v) is 2.56. The summed E-state index contributed by atoms with van der Waals surface area (Å²) in [6, 6.07) is 2.08. The molecular weight excluding hydrogens is 220 g/mol. The lowest BCUT2D eigenvalue weighted by Crippen LogP contribution is -2.02. The van der Waals surface area contributed by atoms with Gasteiger partial charge in [-0.1, -0.05) is 6.92 Å². The monoisotopic (exact) mass is 236 g/mol. The maximum Gasteiger partial charge on any atom is 0.166 e. The lowest BCUT2D eigenvalue weighted by Gasteiger charge is -2.05. The number of nitrogen functional groups attached to an aromatic ring is 1. The van der Waals surface area contributed by atoms with E-state index < -0.39 is 0 Å². The van der Waals surface area contributed by atoms with E-state index in [1.807, 2.05) is 6.92 Å². The smallest absolute Gasteiger partial charge is 0.166 e. The summed E-state index contributed by atoms with van der Waals surface area (Å²) in [4.78, 5) is 1.20. The molecule has 0 saturated carbocycles. The van der Waals surface area contributed by atoms with E-state index in [-0.39, 0.29) is 0 Å². The Morgan fingerprint density at radius 3 is 2.69 bits per heavy atom. The predicted molar refractivity (Wildman–Crippen MR) is 67.5 cm³/mol. The van der Waals surface area contributed by atoms with Crippen molar-refractivity contribution in [2.45, 2.75) is 33.7 Å². The number of rotatable bonds is 3. The third-order valence-electron chi connectivity index (χ3n) is 2.51. The third-order valence-corrected chi connectivity index (χ3v) is 3.39. The van der Waals surface area contributed by atoms with Crippen LogP contribution in [0.15, 0.2) is 6.07 Å². The van der Waals surface area contributed by atoms with E-state index in [9.17, 15) is 0 Å². The Kier molecular flexibility index (Phi) is 2.96. The van der Waals surface area contributed by atoms with Crippen molar-refractivity contribution in [2.24, 2.45) is 0 Å². The molecule has 2 N–H and O–H groups in total. The minimum atomic E-state index is 0.822. The summed E-state index contributed by atoms with van der Waals surface area (Å²) >= 11 is 1.60. The molecule has 4 nitrogen and oxygen atoms in total. The van der Waals surface area contributed by atoms with E-state index in [2.05, 4.69) is 34.7 Å². The van der Waals surface area contributed by atoms with E-state index >= 15 is 0 Å². The fraction of sp³-hybridized carbons (Fsp3) is 0.455. The largest absolute Gasteiger partial charge is 0.390 e. The molecule has 2 rings (SSSR count). The van der Waals surface area contributed by atoms with Crippen LogP contribution in [-0.2, 0) is 6.54 Å². The molecule has 0 amide bonds. The van der Waals surface area contributed by atoms with Crippen molar-refractivity contribution in [1.29, 1.82) is 0 Å². The lowest BCUT2D eigenvalue weighted by molar-refractivity contribution is 0.663. The standard InChI is InChI=1S/C11H16N4S/c1-4-5-15-8(3)13-14-11(15)9-6-7(2)16-10(9)12/h6H,4-5,12H2,1-3H3. The Morgan fingerprint density at radius 1 is 1.38 bits per heavy atom. The number of nitrogens with zero attached hydrogens (tertiary/aromatic N) is 3. The Hall–Kier alpha value is -1.36. The summed E-state index contributed by atoms with van der Waals surface area (Å²) in [6.45, 7) is 7.10. The average Bonchev–Trinajstić information content (AvgIpc) is 2.73. The average molecular weight is 236 g/mol. The van der Waals surface area contributed by atoms with Crippen LogP contribution in [0.5, 0.6) is 0 Å². The highest BCUT2D eigenvalue weighted by atomic mass is 32.1. The zero-order valence-electron chi connectivity index (χ0n) is 9.82. The van der Waals surface area contributed by atoms with Crippen molar-refractivity contribution in [3.8, 4) is 11.4 Å². The first-order valence-electron chi connectivity index (χ1n) is 5.39. The summed E-state index contributed by atoms with van der Waals surface area (Å²) in [7, 11) is 0. The number of nitrogens with two attached hydrogens (primary N) is 1. The van der Waals surface area contributed by atoms with Crippen LogP contribution in [0.25, 0.3) is 11.4 Å². The molecule has 0 aromatic carbocycles. The van der Waals surface area contributed by atoms with Gasteiger partial charge in [-0.3, -0.25) is 0 Å². The van der Waals surface area contributed by atoms with Crippen molar-refractivity contribution < 1.29 is 0 Å². The molecule has 0 aliphatic rings. The van der Waals surface area contributed by atoms with Gasteiger partial charge in [0.25, 0.3) is 0 Å². The molecule has 0 bridgehead atoms. The number of hydrogen-bond donors (Lipinski definition) is 1. The number of hydrogen-bond acceptors (Lipinski definition) is 4. The van der Waals surface area contributed by atoms with Gasteiger partial charge in [-0.05, 0) is 26.3 Å². The van der Waals surface area contributed by atoms with Gasteiger partial charge in [0.05, 0.1) is 10.6 Å². The molecule has 0 spiro atoms. The minimum absolute atomic E-state index is 0.822. The van der Waals surface area contributed by atoms with Crippen LogP contribution < -0.4 is 5.73 Å². The Bertz CT molecular complexity index is 498. The molecule has 86 valence electrons. The van der Waals surface area contributed by atoms with Crippen LogP contribution in [-0.4, -0.2) is 14.8 Å². The molecule has 0 aliphatic carbocycles. The van der Waals surface area contributed by atoms with Gasteiger partial charge in [-0.25, -0.2) is 0 Å². The fourth-order valence-electron chi connectivity index (χ4n) is 1.78. The van der Waals surface area contributed by atoms with E-state index in [1.54, 1.807) is 11.3 Å². The minimum Gasteiger partial charge on any atom is -0.390 e. The molecule has 2 aromatic rings. The molecule has 0 atom stereocenters. The highest BCUT2D eigenvalue weighted by molar-refractivity contribution is 7.16. The number of thiophene rings is 1. The molecular formula is C11H16N4S. The van der Waals surface area contributed by atoms with Crippen LogP contribution in [0.2, 0.25) is 0 Å². The molecule has 0 fully saturated rings. The first-order chi connectivity index (χ1) is 7.63. The second-order valence-corrected chi connectivity index (χ2v) is 5.15. The summed E-state index contributed by atoms with van der Waals surface area (Å²) in [6.07, 6.45) is 1.06. The van der Waals surface area contributed by atoms with Crippen molar-refractivity contribution >= 4 is 16.3 Å². The molecule has 2 aromatic heterocycles. The van der Waals surface area contributed by atoms with Gasteiger partial charge >= 0.3 is 0 Å². The number of aryl methyl sites for hydroxylation is 2. The van der Waals surface area contributed by atoms with E-state index in [1.165, 1.54) is 4.88 Å². The summed E-state index contributed by atoms with van der Waals surface area (Å²) in [5, 5.41) is 9.16. The van der Waals surface area contributed by atoms with Gasteiger partial charge in [-0.2, -0.15) is 0 Å². The van der Waals surface area contributed by atoms with Gasteiger partial charge in [0, 0.05) is 11.4 Å². The lowest BCUT2D eigenvalue weighted by atomic mass is 10.2. The highest BCUT2D eigenvalue weighted by Crippen LogP contribution is 2.32. The van der Waals surface area contributed by atoms with E-state index in [4.69, 9.17) is 5.73 Å². The van der Waals surface area contributed by atoms with Crippen LogP contribution in [0, 0.1) is 13.8 Å². The maximum absolute atomic E-state index is 5.99. The van der Waals surface area contributed by atoms with Gasteiger partial charge in [-0.15, -0.1) is 21.5 Å². The quantitative estimate of drug-likeness (QED) is 0.891. The third kappa shape index (κ3) is 1.82. The molecule has 0 radical (unpaired) electrons. The Labute approximate surface area is 99.1 Å². The number of aromatic nitrogens is 3. The van der Waals surface area contributed by atoms with Crippen molar-refractivity contribution in [2.75, 3.05) is 5.73 Å². The van der Waals surface area contributed by atoms with Gasteiger partial charge in [0.15, 0.2) is 5.82 Å². The van der Waals surface area contributed by atoms with Gasteiger partial charge in [0.2, 0.25) is 0 Å². The zero-order valence-corrected chi connectivity index (χ0v) is 10.6. The summed E-state index contributed by atoms with van der Waals surface area (Å²) < 4.78 is 2.12. The van der Waals surface area contributed by atoms with Crippen molar-refractivity contribution in [3.63, 3.8) is 0 Å². The van der Waals surface area contributed by atoms with Crippen LogP contribution >= 0.6 is 11.3 Å². The van der Waals surface area contributed by atoms with Crippen molar-refractivity contribution in [1.82, 2.24) is 14.8 Å². The Morgan fingerprint density at radius 2 is 2.12 bits per heavy atom. The molecule has 5 heteroatoms. The Balaban J connectivity index is 2.51. The van der Waals surface area contributed by atoms with E-state index in [0.29, 0.717) is 0 Å². The SMILES string of the molecule is CCCn1c(C)nnc1-c1cc(C)sc1N. The number of anilines is 1. The molecule has 16 heavy (non-hydrogen) atoms. The second kappa shape index (κ2) is 4.25. The topological polar surface area (TPSA) is 56.7 Å². The summed E-state index contributed by atoms with van der Waals surface area (Å²) in [5.74, 6) is 1.83. The van der Waals surface area contributed by atoms with Gasteiger partial charge in [0.1, 0.15) is 5.82 Å². The first-order valence-corrected chi connectivity index (χ1v) is 6.21. The molecule has 0 aliphatic heterocycles. The van der Waals surface area contributed by atoms with Crippen LogP contribution in [0.1, 0.15) is 24.0 Å². The normalized spacial score (nSPS) is 10.9. The molecule has 0 unspecified atom stereocenters. The highest BCUT2D eigenvalue weighted by Gasteiger charge is 2.14. The molecule has 2 heterocycles. The maximum atomic E-state index is 5.99. The first kappa shape index (κ1) is 11.1. The van der Waals surface area contributed by atoms with Crippen LogP contribution in [0.3, 0.4) is 0 Å². The predicted octanol–water partition coefficient (Wildman–Crippen LogP) is 2.62. The van der Waals surface area contributed by atoms with Crippen LogP contribution in [0.4, 0.5) is 5.00 Å². The van der Waals surface area contributed by atoms with E-state index in [0.717, 1.165) is 35.2 Å². The molecule has 0 saturated heterocycles. The summed E-state index contributed by atoms with van der Waals surface area (Å²) in [5.41, 5.74) is 7.00. The van der Waals surface area contributed by atoms with Gasteiger partial charge < -0.3 is 10.3 Å². The van der Waals surface area contributed by atoms with Crippen molar-refractivity contribution in [3.05, 3.63) is 16.8 Å².